The molecule has 0 bridgehead atoms. The van der Waals surface area contributed by atoms with Crippen molar-refractivity contribution in [2.45, 2.75) is 20.8 Å². The molecule has 8 nitrogen and oxygen atoms in total. The molecule has 3 N–H and O–H groups in total. The van der Waals surface area contributed by atoms with Crippen molar-refractivity contribution in [2.24, 2.45) is 4.99 Å². The van der Waals surface area contributed by atoms with Gasteiger partial charge in [0.15, 0.2) is 11.4 Å². The molecule has 1 aromatic carbocycles. The fraction of sp³-hybridized carbons (Fsp3) is 0.333. The number of benzene rings is 1. The Labute approximate surface area is 144 Å². The third-order valence-corrected chi connectivity index (χ3v) is 3.40. The highest BCUT2D eigenvalue weighted by Crippen LogP contribution is 2.25. The molecule has 0 radical (unpaired) electrons. The molecule has 2 amide bonds. The molecule has 0 saturated heterocycles. The van der Waals surface area contributed by atoms with E-state index < -0.39 is 12.0 Å². The van der Waals surface area contributed by atoms with Crippen LogP contribution in [0.5, 0.6) is 0 Å². The first-order valence-corrected chi connectivity index (χ1v) is 8.27. The molecule has 9 heteroatoms. The number of hydrogen-bond acceptors (Lipinski definition) is 6. The monoisotopic (exact) mass is 349 g/mol. The SMILES string of the molecule is CCOC(=O)NNC(=O)c1c(C)cc(C)cc1N=C(NC#N)SC. The summed E-state index contributed by atoms with van der Waals surface area (Å²) in [6.07, 6.45) is 2.80. The lowest BCUT2D eigenvalue weighted by atomic mass is 10.0. The maximum Gasteiger partial charge on any atom is 0.426 e. The summed E-state index contributed by atoms with van der Waals surface area (Å²) in [7, 11) is 0. The van der Waals surface area contributed by atoms with Crippen molar-refractivity contribution in [1.29, 1.82) is 5.26 Å². The van der Waals surface area contributed by atoms with Gasteiger partial charge in [0.05, 0.1) is 17.9 Å². The first-order chi connectivity index (χ1) is 11.4. The molecule has 0 unspecified atom stereocenters. The molecule has 128 valence electrons. The zero-order valence-corrected chi connectivity index (χ0v) is 14.7. The maximum absolute atomic E-state index is 12.4. The van der Waals surface area contributed by atoms with Crippen molar-refractivity contribution in [3.8, 4) is 6.19 Å². The van der Waals surface area contributed by atoms with Crippen LogP contribution in [0.3, 0.4) is 0 Å². The van der Waals surface area contributed by atoms with Crippen LogP contribution in [-0.4, -0.2) is 30.0 Å². The van der Waals surface area contributed by atoms with Gasteiger partial charge in [-0.1, -0.05) is 17.8 Å². The quantitative estimate of drug-likeness (QED) is 0.253. The highest BCUT2D eigenvalue weighted by atomic mass is 32.2. The van der Waals surface area contributed by atoms with E-state index in [0.29, 0.717) is 22.0 Å². The number of rotatable bonds is 3. The number of amidine groups is 1. The largest absolute Gasteiger partial charge is 0.449 e. The molecule has 0 saturated carbocycles. The number of nitriles is 1. The molecule has 0 spiro atoms. The zero-order valence-electron chi connectivity index (χ0n) is 13.9. The van der Waals surface area contributed by atoms with Crippen LogP contribution in [0.4, 0.5) is 10.5 Å². The molecule has 1 rings (SSSR count). The van der Waals surface area contributed by atoms with Crippen LogP contribution in [-0.2, 0) is 4.74 Å². The van der Waals surface area contributed by atoms with Gasteiger partial charge in [-0.2, -0.15) is 5.26 Å². The smallest absolute Gasteiger partial charge is 0.426 e. The number of aryl methyl sites for hydroxylation is 2. The van der Waals surface area contributed by atoms with Gasteiger partial charge in [0, 0.05) is 0 Å². The predicted octanol–water partition coefficient (Wildman–Crippen LogP) is 2.12. The van der Waals surface area contributed by atoms with Crippen LogP contribution >= 0.6 is 11.8 Å². The molecule has 1 aromatic rings. The average molecular weight is 349 g/mol. The van der Waals surface area contributed by atoms with Crippen molar-refractivity contribution in [3.05, 3.63) is 28.8 Å². The minimum absolute atomic E-state index is 0.192. The minimum Gasteiger partial charge on any atom is -0.449 e. The van der Waals surface area contributed by atoms with Crippen LogP contribution in [0.2, 0.25) is 0 Å². The molecule has 0 aliphatic carbocycles. The summed E-state index contributed by atoms with van der Waals surface area (Å²) in [5, 5.41) is 11.5. The summed E-state index contributed by atoms with van der Waals surface area (Å²) in [5.74, 6) is -0.531. The Morgan fingerprint density at radius 3 is 2.62 bits per heavy atom. The lowest BCUT2D eigenvalue weighted by molar-refractivity contribution is 0.0913. The second-order valence-electron chi connectivity index (χ2n) is 4.63. The number of nitrogens with zero attached hydrogens (tertiary/aromatic N) is 2. The fourth-order valence-corrected chi connectivity index (χ4v) is 2.29. The second kappa shape index (κ2) is 9.42. The van der Waals surface area contributed by atoms with E-state index in [0.717, 1.165) is 5.56 Å². The topological polar surface area (TPSA) is 116 Å². The summed E-state index contributed by atoms with van der Waals surface area (Å²) in [6.45, 7) is 5.49. The Balaban J connectivity index is 3.15. The Morgan fingerprint density at radius 1 is 1.33 bits per heavy atom. The first-order valence-electron chi connectivity index (χ1n) is 7.05. The van der Waals surface area contributed by atoms with Gasteiger partial charge >= 0.3 is 6.09 Å². The van der Waals surface area contributed by atoms with Gasteiger partial charge in [-0.3, -0.25) is 15.5 Å². The van der Waals surface area contributed by atoms with Gasteiger partial charge < -0.3 is 4.74 Å². The number of hydrazine groups is 1. The van der Waals surface area contributed by atoms with E-state index in [2.05, 4.69) is 25.9 Å². The van der Waals surface area contributed by atoms with Crippen molar-refractivity contribution in [1.82, 2.24) is 16.2 Å². The van der Waals surface area contributed by atoms with Crippen LogP contribution in [0, 0.1) is 25.3 Å². The number of ether oxygens (including phenoxy) is 1. The van der Waals surface area contributed by atoms with Gasteiger partial charge in [-0.15, -0.1) is 0 Å². The number of carbonyl (C=O) groups is 2. The Kier molecular flexibility index (Phi) is 7.58. The van der Waals surface area contributed by atoms with E-state index in [9.17, 15) is 9.59 Å². The molecule has 0 aliphatic heterocycles. The van der Waals surface area contributed by atoms with Crippen LogP contribution in [0.25, 0.3) is 0 Å². The summed E-state index contributed by atoms with van der Waals surface area (Å²) in [6, 6.07) is 3.55. The van der Waals surface area contributed by atoms with Gasteiger partial charge in [0.25, 0.3) is 5.91 Å². The summed E-state index contributed by atoms with van der Waals surface area (Å²) < 4.78 is 4.68. The molecule has 0 atom stereocenters. The normalized spacial score (nSPS) is 10.5. The van der Waals surface area contributed by atoms with E-state index in [1.54, 1.807) is 32.4 Å². The first kappa shape index (κ1) is 19.3. The molecule has 0 aromatic heterocycles. The van der Waals surface area contributed by atoms with Crippen molar-refractivity contribution in [3.63, 3.8) is 0 Å². The Hall–Kier alpha value is -2.73. The number of carbonyl (C=O) groups excluding carboxylic acids is 2. The molecule has 24 heavy (non-hydrogen) atoms. The van der Waals surface area contributed by atoms with Crippen LogP contribution in [0.1, 0.15) is 28.4 Å². The number of nitrogens with one attached hydrogen (secondary N) is 3. The lowest BCUT2D eigenvalue weighted by Crippen LogP contribution is -2.42. The minimum atomic E-state index is -0.753. The second-order valence-corrected chi connectivity index (χ2v) is 5.43. The number of thioether (sulfide) groups is 1. The lowest BCUT2D eigenvalue weighted by Gasteiger charge is -2.13. The van der Waals surface area contributed by atoms with E-state index in [4.69, 9.17) is 5.26 Å². The number of amides is 2. The zero-order chi connectivity index (χ0) is 18.1. The molecule has 0 heterocycles. The van der Waals surface area contributed by atoms with Gasteiger partial charge in [0.1, 0.15) is 0 Å². The maximum atomic E-state index is 12.4. The van der Waals surface area contributed by atoms with Crippen LogP contribution < -0.4 is 16.2 Å². The van der Waals surface area contributed by atoms with E-state index >= 15 is 0 Å². The number of aliphatic imine (C=N–C) groups is 1. The molecular weight excluding hydrogens is 330 g/mol. The van der Waals surface area contributed by atoms with E-state index in [-0.39, 0.29) is 6.61 Å². The third kappa shape index (κ3) is 5.48. The highest BCUT2D eigenvalue weighted by Gasteiger charge is 2.16. The standard InChI is InChI=1S/C15H19N5O3S/c1-5-23-15(22)20-19-13(21)12-10(3)6-9(2)7-11(12)18-14(24-4)17-8-16/h6-7H,5H2,1-4H3,(H,17,18)(H,19,21)(H,20,22). The molecule has 0 fully saturated rings. The van der Waals surface area contributed by atoms with Gasteiger partial charge in [0.2, 0.25) is 0 Å². The summed E-state index contributed by atoms with van der Waals surface area (Å²) >= 11 is 1.24. The average Bonchev–Trinajstić information content (AvgIpc) is 2.52. The van der Waals surface area contributed by atoms with Gasteiger partial charge in [-0.05, 0) is 44.2 Å². The summed E-state index contributed by atoms with van der Waals surface area (Å²) in [5.41, 5.74) is 6.73. The fourth-order valence-electron chi connectivity index (χ4n) is 1.95. The Morgan fingerprint density at radius 2 is 2.04 bits per heavy atom. The van der Waals surface area contributed by atoms with Gasteiger partial charge in [-0.25, -0.2) is 15.2 Å². The van der Waals surface area contributed by atoms with Crippen molar-refractivity contribution < 1.29 is 14.3 Å². The van der Waals surface area contributed by atoms with E-state index in [1.807, 2.05) is 13.0 Å². The van der Waals surface area contributed by atoms with Crippen molar-refractivity contribution >= 4 is 34.6 Å². The number of hydrogen-bond donors (Lipinski definition) is 3. The molecular formula is C15H19N5O3S. The summed E-state index contributed by atoms with van der Waals surface area (Å²) in [4.78, 5) is 28.0. The predicted molar refractivity (Wildman–Crippen MR) is 92.9 cm³/mol. The van der Waals surface area contributed by atoms with Crippen LogP contribution in [0.15, 0.2) is 17.1 Å². The Bertz CT molecular complexity index is 697. The van der Waals surface area contributed by atoms with Crippen molar-refractivity contribution in [2.75, 3.05) is 12.9 Å². The highest BCUT2D eigenvalue weighted by molar-refractivity contribution is 8.13. The molecule has 0 aliphatic rings. The third-order valence-electron chi connectivity index (χ3n) is 2.82. The van der Waals surface area contributed by atoms with E-state index in [1.165, 1.54) is 11.8 Å².